The lowest BCUT2D eigenvalue weighted by atomic mass is 9.91. The second kappa shape index (κ2) is 5.83. The minimum absolute atomic E-state index is 0.0818. The molecule has 0 aromatic carbocycles. The van der Waals surface area contributed by atoms with Gasteiger partial charge in [-0.2, -0.15) is 0 Å². The van der Waals surface area contributed by atoms with E-state index in [1.807, 2.05) is 0 Å². The monoisotopic (exact) mass is 332 g/mol. The molecule has 0 amide bonds. The van der Waals surface area contributed by atoms with Crippen LogP contribution in [0.2, 0.25) is 0 Å². The molecule has 1 aliphatic heterocycles. The van der Waals surface area contributed by atoms with Crippen LogP contribution in [0.1, 0.15) is 37.9 Å². The maximum Gasteiger partial charge on any atom is 0.151 e. The largest absolute Gasteiger partial charge is 0.317 e. The third-order valence-electron chi connectivity index (χ3n) is 3.58. The summed E-state index contributed by atoms with van der Waals surface area (Å²) in [4.78, 5) is 4.20. The molecule has 0 saturated carbocycles. The van der Waals surface area contributed by atoms with Gasteiger partial charge in [0.25, 0.3) is 0 Å². The number of halogens is 3. The molecule has 0 spiro atoms. The van der Waals surface area contributed by atoms with Crippen molar-refractivity contribution in [3.63, 3.8) is 0 Å². The van der Waals surface area contributed by atoms with E-state index < -0.39 is 11.5 Å². The molecule has 1 aromatic rings. The number of aromatic nitrogens is 1. The van der Waals surface area contributed by atoms with Gasteiger partial charge in [0.1, 0.15) is 10.3 Å². The fourth-order valence-corrected chi connectivity index (χ4v) is 2.92. The zero-order valence-electron chi connectivity index (χ0n) is 11.3. The Morgan fingerprint density at radius 2 is 2.05 bits per heavy atom. The van der Waals surface area contributed by atoms with Crippen molar-refractivity contribution in [2.24, 2.45) is 5.92 Å². The number of rotatable bonds is 3. The van der Waals surface area contributed by atoms with Gasteiger partial charge in [-0.05, 0) is 74.1 Å². The molecule has 2 nitrogen and oxygen atoms in total. The number of nitrogens with zero attached hydrogens (tertiary/aromatic N) is 1. The Balaban J connectivity index is 2.27. The van der Waals surface area contributed by atoms with Crippen molar-refractivity contribution in [3.05, 3.63) is 27.7 Å². The van der Waals surface area contributed by atoms with E-state index in [0.29, 0.717) is 22.6 Å². The van der Waals surface area contributed by atoms with Crippen LogP contribution >= 0.6 is 15.9 Å². The molecule has 0 atom stereocenters. The van der Waals surface area contributed by atoms with E-state index in [0.717, 1.165) is 25.9 Å². The van der Waals surface area contributed by atoms with Gasteiger partial charge in [-0.1, -0.05) is 0 Å². The van der Waals surface area contributed by atoms with Crippen LogP contribution in [0.3, 0.4) is 0 Å². The van der Waals surface area contributed by atoms with Crippen LogP contribution in [0.5, 0.6) is 0 Å². The SMILES string of the molecule is CC(C)(F)c1cc(Br)nc(CC2CCNCC2)c1F. The average molecular weight is 333 g/mol. The topological polar surface area (TPSA) is 24.9 Å². The van der Waals surface area contributed by atoms with Crippen molar-refractivity contribution in [1.29, 1.82) is 0 Å². The lowest BCUT2D eigenvalue weighted by molar-refractivity contribution is 0.212. The summed E-state index contributed by atoms with van der Waals surface area (Å²) in [6.45, 7) is 4.65. The Bertz CT molecular complexity index is 451. The zero-order valence-corrected chi connectivity index (χ0v) is 12.9. The van der Waals surface area contributed by atoms with Gasteiger partial charge < -0.3 is 5.32 Å². The molecule has 1 saturated heterocycles. The van der Waals surface area contributed by atoms with Crippen molar-refractivity contribution in [2.75, 3.05) is 13.1 Å². The minimum atomic E-state index is -1.70. The predicted octanol–water partition coefficient (Wildman–Crippen LogP) is 3.73. The fourth-order valence-electron chi connectivity index (χ4n) is 2.48. The first-order chi connectivity index (χ1) is 8.88. The number of piperidine rings is 1. The maximum atomic E-state index is 14.4. The Morgan fingerprint density at radius 3 is 2.63 bits per heavy atom. The van der Waals surface area contributed by atoms with Crippen LogP contribution in [0.4, 0.5) is 8.78 Å². The highest BCUT2D eigenvalue weighted by atomic mass is 79.9. The standard InChI is InChI=1S/C14H19BrF2N2/c1-14(2,17)10-8-12(15)19-11(13(10)16)7-9-3-5-18-6-4-9/h8-9,18H,3-7H2,1-2H3. The van der Waals surface area contributed by atoms with E-state index in [1.165, 1.54) is 19.9 Å². The van der Waals surface area contributed by atoms with Gasteiger partial charge in [0.2, 0.25) is 0 Å². The molecule has 1 aliphatic rings. The summed E-state index contributed by atoms with van der Waals surface area (Å²) in [7, 11) is 0. The van der Waals surface area contributed by atoms with Gasteiger partial charge in [0.15, 0.2) is 5.82 Å². The van der Waals surface area contributed by atoms with Crippen LogP contribution in [0.15, 0.2) is 10.7 Å². The molecule has 1 N–H and O–H groups in total. The highest BCUT2D eigenvalue weighted by molar-refractivity contribution is 9.10. The number of hydrogen-bond acceptors (Lipinski definition) is 2. The van der Waals surface area contributed by atoms with Crippen molar-refractivity contribution in [2.45, 2.75) is 38.8 Å². The first-order valence-electron chi connectivity index (χ1n) is 6.63. The summed E-state index contributed by atoms with van der Waals surface area (Å²) in [6.07, 6.45) is 2.61. The minimum Gasteiger partial charge on any atom is -0.317 e. The Kier molecular flexibility index (Phi) is 4.56. The normalized spacial score (nSPS) is 17.7. The lowest BCUT2D eigenvalue weighted by Gasteiger charge is -2.23. The van der Waals surface area contributed by atoms with E-state index >= 15 is 0 Å². The van der Waals surface area contributed by atoms with Gasteiger partial charge in [-0.15, -0.1) is 0 Å². The fraction of sp³-hybridized carbons (Fsp3) is 0.643. The van der Waals surface area contributed by atoms with Crippen molar-refractivity contribution in [1.82, 2.24) is 10.3 Å². The van der Waals surface area contributed by atoms with Crippen molar-refractivity contribution in [3.8, 4) is 0 Å². The zero-order chi connectivity index (χ0) is 14.0. The summed E-state index contributed by atoms with van der Waals surface area (Å²) >= 11 is 3.25. The molecule has 1 fully saturated rings. The van der Waals surface area contributed by atoms with Crippen molar-refractivity contribution >= 4 is 15.9 Å². The van der Waals surface area contributed by atoms with Crippen molar-refractivity contribution < 1.29 is 8.78 Å². The number of alkyl halides is 1. The van der Waals surface area contributed by atoms with Crippen LogP contribution in [0.25, 0.3) is 0 Å². The Hall–Kier alpha value is -0.550. The molecule has 2 heterocycles. The molecular formula is C14H19BrF2N2. The molecule has 0 unspecified atom stereocenters. The van der Waals surface area contributed by atoms with E-state index in [4.69, 9.17) is 0 Å². The summed E-state index contributed by atoms with van der Waals surface area (Å²) in [5.41, 5.74) is -1.24. The van der Waals surface area contributed by atoms with Gasteiger partial charge >= 0.3 is 0 Å². The summed E-state index contributed by atoms with van der Waals surface area (Å²) in [5.74, 6) is -0.0673. The van der Waals surface area contributed by atoms with E-state index in [9.17, 15) is 8.78 Å². The number of nitrogens with one attached hydrogen (secondary N) is 1. The second-order valence-electron chi connectivity index (χ2n) is 5.62. The van der Waals surface area contributed by atoms with Crippen LogP contribution < -0.4 is 5.32 Å². The van der Waals surface area contributed by atoms with E-state index in [-0.39, 0.29) is 5.56 Å². The predicted molar refractivity (Wildman–Crippen MR) is 75.3 cm³/mol. The quantitative estimate of drug-likeness (QED) is 0.853. The molecule has 0 bridgehead atoms. The molecule has 5 heteroatoms. The summed E-state index contributed by atoms with van der Waals surface area (Å²) < 4.78 is 28.9. The molecule has 2 rings (SSSR count). The molecule has 0 aliphatic carbocycles. The smallest absolute Gasteiger partial charge is 0.151 e. The second-order valence-corrected chi connectivity index (χ2v) is 6.44. The number of hydrogen-bond donors (Lipinski definition) is 1. The van der Waals surface area contributed by atoms with Gasteiger partial charge in [0, 0.05) is 5.56 Å². The van der Waals surface area contributed by atoms with Crippen LogP contribution in [0, 0.1) is 11.7 Å². The molecule has 1 aromatic heterocycles. The van der Waals surface area contributed by atoms with Gasteiger partial charge in [0.05, 0.1) is 5.69 Å². The van der Waals surface area contributed by atoms with E-state index in [1.54, 1.807) is 0 Å². The van der Waals surface area contributed by atoms with Gasteiger partial charge in [-0.25, -0.2) is 13.8 Å². The average Bonchev–Trinajstić information content (AvgIpc) is 2.33. The van der Waals surface area contributed by atoms with E-state index in [2.05, 4.69) is 26.2 Å². The van der Waals surface area contributed by atoms with Crippen LogP contribution in [-0.2, 0) is 12.1 Å². The number of pyridine rings is 1. The van der Waals surface area contributed by atoms with Gasteiger partial charge in [-0.3, -0.25) is 0 Å². The summed E-state index contributed by atoms with van der Waals surface area (Å²) in [6, 6.07) is 1.43. The Morgan fingerprint density at radius 1 is 1.42 bits per heavy atom. The highest BCUT2D eigenvalue weighted by Crippen LogP contribution is 2.31. The third-order valence-corrected chi connectivity index (χ3v) is 3.98. The highest BCUT2D eigenvalue weighted by Gasteiger charge is 2.27. The first kappa shape index (κ1) is 14.9. The molecular weight excluding hydrogens is 314 g/mol. The molecule has 19 heavy (non-hydrogen) atoms. The molecule has 106 valence electrons. The van der Waals surface area contributed by atoms with Crippen LogP contribution in [-0.4, -0.2) is 18.1 Å². The maximum absolute atomic E-state index is 14.4. The lowest BCUT2D eigenvalue weighted by Crippen LogP contribution is -2.29. The third kappa shape index (κ3) is 3.72. The molecule has 0 radical (unpaired) electrons. The summed E-state index contributed by atoms with van der Waals surface area (Å²) in [5, 5.41) is 3.28. The first-order valence-corrected chi connectivity index (χ1v) is 7.42. The Labute approximate surface area is 121 Å².